The Morgan fingerprint density at radius 2 is 2.17 bits per heavy atom. The number of benzene rings is 1. The summed E-state index contributed by atoms with van der Waals surface area (Å²) in [5, 5.41) is 9.12. The molecule has 2 fully saturated rings. The SMILES string of the molecule is N#CC1CSC2CC(N)(c3ccccc3)C(=O)N12. The smallest absolute Gasteiger partial charge is 0.249 e. The van der Waals surface area contributed by atoms with Gasteiger partial charge >= 0.3 is 0 Å². The zero-order chi connectivity index (χ0) is 12.8. The summed E-state index contributed by atoms with van der Waals surface area (Å²) >= 11 is 1.65. The lowest BCUT2D eigenvalue weighted by atomic mass is 9.89. The summed E-state index contributed by atoms with van der Waals surface area (Å²) in [5.41, 5.74) is 6.19. The van der Waals surface area contributed by atoms with Crippen LogP contribution in [-0.2, 0) is 10.3 Å². The third kappa shape index (κ3) is 1.46. The minimum Gasteiger partial charge on any atom is -0.314 e. The van der Waals surface area contributed by atoms with Crippen LogP contribution in [-0.4, -0.2) is 28.0 Å². The molecule has 1 aromatic rings. The highest BCUT2D eigenvalue weighted by Crippen LogP contribution is 2.44. The van der Waals surface area contributed by atoms with E-state index < -0.39 is 5.54 Å². The van der Waals surface area contributed by atoms with Crippen molar-refractivity contribution in [2.24, 2.45) is 5.73 Å². The second-order valence-corrected chi connectivity index (χ2v) is 5.90. The first-order valence-corrected chi connectivity index (χ1v) is 6.90. The van der Waals surface area contributed by atoms with Gasteiger partial charge in [0.05, 0.1) is 11.4 Å². The molecule has 1 amide bonds. The van der Waals surface area contributed by atoms with Crippen molar-refractivity contribution in [1.29, 1.82) is 5.26 Å². The van der Waals surface area contributed by atoms with E-state index in [0.29, 0.717) is 12.2 Å². The van der Waals surface area contributed by atoms with Gasteiger partial charge in [0.15, 0.2) is 0 Å². The van der Waals surface area contributed by atoms with Gasteiger partial charge < -0.3 is 10.6 Å². The first-order chi connectivity index (χ1) is 8.66. The minimum absolute atomic E-state index is 0.0485. The van der Waals surface area contributed by atoms with Crippen LogP contribution in [0.25, 0.3) is 0 Å². The number of nitrogens with two attached hydrogens (primary N) is 1. The van der Waals surface area contributed by atoms with Crippen molar-refractivity contribution in [2.75, 3.05) is 5.75 Å². The molecule has 3 atom stereocenters. The number of amides is 1. The number of fused-ring (bicyclic) bond motifs is 1. The Hall–Kier alpha value is -1.51. The number of nitrogens with zero attached hydrogens (tertiary/aromatic N) is 2. The number of rotatable bonds is 1. The molecule has 0 aliphatic carbocycles. The fourth-order valence-corrected chi connectivity index (χ4v) is 4.09. The fourth-order valence-electron chi connectivity index (χ4n) is 2.66. The molecule has 2 N–H and O–H groups in total. The van der Waals surface area contributed by atoms with Crippen molar-refractivity contribution in [3.05, 3.63) is 35.9 Å². The topological polar surface area (TPSA) is 70.1 Å². The Labute approximate surface area is 110 Å². The normalized spacial score (nSPS) is 34.4. The van der Waals surface area contributed by atoms with Crippen LogP contribution in [0.5, 0.6) is 0 Å². The molecule has 4 nitrogen and oxygen atoms in total. The largest absolute Gasteiger partial charge is 0.314 e. The molecule has 1 aromatic carbocycles. The summed E-state index contributed by atoms with van der Waals surface area (Å²) in [7, 11) is 0. The molecule has 0 radical (unpaired) electrons. The molecule has 2 heterocycles. The maximum absolute atomic E-state index is 12.5. The van der Waals surface area contributed by atoms with Gasteiger partial charge in [-0.2, -0.15) is 5.26 Å². The van der Waals surface area contributed by atoms with E-state index in [1.165, 1.54) is 0 Å². The fraction of sp³-hybridized carbons (Fsp3) is 0.385. The van der Waals surface area contributed by atoms with Crippen LogP contribution in [0.4, 0.5) is 0 Å². The van der Waals surface area contributed by atoms with Crippen molar-refractivity contribution in [3.8, 4) is 6.07 Å². The Morgan fingerprint density at radius 1 is 1.44 bits per heavy atom. The molecule has 5 heteroatoms. The number of hydrogen-bond donors (Lipinski definition) is 1. The average Bonchev–Trinajstić information content (AvgIpc) is 2.91. The lowest BCUT2D eigenvalue weighted by molar-refractivity contribution is -0.133. The summed E-state index contributed by atoms with van der Waals surface area (Å²) < 4.78 is 0. The van der Waals surface area contributed by atoms with Crippen LogP contribution >= 0.6 is 11.8 Å². The molecule has 0 aromatic heterocycles. The highest BCUT2D eigenvalue weighted by atomic mass is 32.2. The summed E-state index contributed by atoms with van der Waals surface area (Å²) in [5.74, 6) is 0.577. The van der Waals surface area contributed by atoms with Gasteiger partial charge in [-0.15, -0.1) is 11.8 Å². The standard InChI is InChI=1S/C13H13N3OS/c14-7-10-8-18-11-6-13(15,12(17)16(10)11)9-4-2-1-3-5-9/h1-5,10-11H,6,8,15H2. The lowest BCUT2D eigenvalue weighted by Gasteiger charge is -2.24. The van der Waals surface area contributed by atoms with Crippen LogP contribution in [0.3, 0.4) is 0 Å². The van der Waals surface area contributed by atoms with Gasteiger partial charge in [0.1, 0.15) is 11.6 Å². The van der Waals surface area contributed by atoms with E-state index in [4.69, 9.17) is 11.0 Å². The molecule has 0 bridgehead atoms. The van der Waals surface area contributed by atoms with Gasteiger partial charge in [-0.05, 0) is 5.56 Å². The molecular weight excluding hydrogens is 246 g/mol. The number of hydrogen-bond acceptors (Lipinski definition) is 4. The molecular formula is C13H13N3OS. The van der Waals surface area contributed by atoms with E-state index in [2.05, 4.69) is 6.07 Å². The molecule has 3 unspecified atom stereocenters. The van der Waals surface area contributed by atoms with Crippen LogP contribution in [0.2, 0.25) is 0 Å². The third-order valence-electron chi connectivity index (χ3n) is 3.64. The summed E-state index contributed by atoms with van der Waals surface area (Å²) in [6.07, 6.45) is 0.582. The van der Waals surface area contributed by atoms with Gasteiger partial charge in [0.25, 0.3) is 0 Å². The zero-order valence-corrected chi connectivity index (χ0v) is 10.6. The Kier molecular flexibility index (Phi) is 2.58. The molecule has 92 valence electrons. The summed E-state index contributed by atoms with van der Waals surface area (Å²) in [4.78, 5) is 14.2. The second-order valence-electron chi connectivity index (χ2n) is 4.69. The van der Waals surface area contributed by atoms with E-state index in [1.807, 2.05) is 30.3 Å². The van der Waals surface area contributed by atoms with Crippen molar-refractivity contribution < 1.29 is 4.79 Å². The lowest BCUT2D eigenvalue weighted by Crippen LogP contribution is -2.47. The highest BCUT2D eigenvalue weighted by Gasteiger charge is 2.55. The van der Waals surface area contributed by atoms with Crippen LogP contribution < -0.4 is 5.73 Å². The minimum atomic E-state index is -0.964. The van der Waals surface area contributed by atoms with Crippen molar-refractivity contribution >= 4 is 17.7 Å². The molecule has 2 saturated heterocycles. The number of carbonyl (C=O) groups excluding carboxylic acids is 1. The summed E-state index contributed by atoms with van der Waals surface area (Å²) in [6, 6.07) is 11.3. The average molecular weight is 259 g/mol. The van der Waals surface area contributed by atoms with Gasteiger partial charge in [-0.25, -0.2) is 0 Å². The van der Waals surface area contributed by atoms with Crippen LogP contribution in [0.1, 0.15) is 12.0 Å². The predicted molar refractivity (Wildman–Crippen MR) is 69.4 cm³/mol. The van der Waals surface area contributed by atoms with Crippen LogP contribution in [0.15, 0.2) is 30.3 Å². The number of carbonyl (C=O) groups is 1. The van der Waals surface area contributed by atoms with Crippen molar-refractivity contribution in [1.82, 2.24) is 4.90 Å². The van der Waals surface area contributed by atoms with Crippen molar-refractivity contribution in [3.63, 3.8) is 0 Å². The van der Waals surface area contributed by atoms with Gasteiger partial charge in [0.2, 0.25) is 5.91 Å². The first kappa shape index (κ1) is 11.6. The Bertz CT molecular complexity index is 527. The predicted octanol–water partition coefficient (Wildman–Crippen LogP) is 1.04. The van der Waals surface area contributed by atoms with Gasteiger partial charge in [-0.1, -0.05) is 30.3 Å². The second kappa shape index (κ2) is 4.01. The molecule has 2 aliphatic rings. The van der Waals surface area contributed by atoms with Gasteiger partial charge in [-0.3, -0.25) is 4.79 Å². The zero-order valence-electron chi connectivity index (χ0n) is 9.74. The third-order valence-corrected chi connectivity index (χ3v) is 4.93. The van der Waals surface area contributed by atoms with Crippen LogP contribution in [0, 0.1) is 11.3 Å². The van der Waals surface area contributed by atoms with E-state index in [9.17, 15) is 4.79 Å². The summed E-state index contributed by atoms with van der Waals surface area (Å²) in [6.45, 7) is 0. The first-order valence-electron chi connectivity index (χ1n) is 5.85. The molecule has 0 saturated carbocycles. The van der Waals surface area contributed by atoms with E-state index in [1.54, 1.807) is 16.7 Å². The molecule has 0 spiro atoms. The number of thioether (sulfide) groups is 1. The molecule has 18 heavy (non-hydrogen) atoms. The Morgan fingerprint density at radius 3 is 2.83 bits per heavy atom. The highest BCUT2D eigenvalue weighted by molar-refractivity contribution is 8.00. The van der Waals surface area contributed by atoms with E-state index >= 15 is 0 Å². The molecule has 3 rings (SSSR count). The number of nitriles is 1. The molecule has 2 aliphatic heterocycles. The van der Waals surface area contributed by atoms with Crippen molar-refractivity contribution in [2.45, 2.75) is 23.4 Å². The maximum Gasteiger partial charge on any atom is 0.249 e. The monoisotopic (exact) mass is 259 g/mol. The Balaban J connectivity index is 1.98. The van der Waals surface area contributed by atoms with E-state index in [0.717, 1.165) is 5.56 Å². The quantitative estimate of drug-likeness (QED) is 0.818. The maximum atomic E-state index is 12.5. The van der Waals surface area contributed by atoms with Gasteiger partial charge in [0, 0.05) is 12.2 Å². The van der Waals surface area contributed by atoms with E-state index in [-0.39, 0.29) is 17.3 Å².